The monoisotopic (exact) mass is 257 g/mol. The molecule has 0 aromatic carbocycles. The van der Waals surface area contributed by atoms with Gasteiger partial charge in [-0.05, 0) is 38.9 Å². The van der Waals surface area contributed by atoms with Gasteiger partial charge in [0.25, 0.3) is 0 Å². The molecule has 0 unspecified atom stereocenters. The first-order valence-corrected chi connectivity index (χ1v) is 6.82. The fourth-order valence-corrected chi connectivity index (χ4v) is 2.36. The topological polar surface area (TPSA) is 69.8 Å². The highest BCUT2D eigenvalue weighted by molar-refractivity contribution is 5.82. The van der Waals surface area contributed by atoms with Gasteiger partial charge in [-0.2, -0.15) is 0 Å². The molecule has 106 valence electrons. The van der Waals surface area contributed by atoms with Gasteiger partial charge in [0.2, 0.25) is 5.91 Å². The smallest absolute Gasteiger partial charge is 0.240 e. The number of rotatable bonds is 5. The van der Waals surface area contributed by atoms with Crippen LogP contribution in [0.5, 0.6) is 0 Å². The Morgan fingerprint density at radius 1 is 1.44 bits per heavy atom. The number of amides is 1. The Morgan fingerprint density at radius 2 is 2.00 bits per heavy atom. The number of piperidine rings is 1. The molecule has 5 nitrogen and oxygen atoms in total. The second-order valence-electron chi connectivity index (χ2n) is 5.56. The maximum absolute atomic E-state index is 12.3. The van der Waals surface area contributed by atoms with E-state index >= 15 is 0 Å². The van der Waals surface area contributed by atoms with E-state index < -0.39 is 6.04 Å². The van der Waals surface area contributed by atoms with Crippen LogP contribution >= 0.6 is 0 Å². The van der Waals surface area contributed by atoms with Crippen LogP contribution in [-0.4, -0.2) is 66.2 Å². The largest absolute Gasteiger partial charge is 0.395 e. The van der Waals surface area contributed by atoms with Crippen molar-refractivity contribution in [3.63, 3.8) is 0 Å². The molecule has 1 aliphatic heterocycles. The zero-order chi connectivity index (χ0) is 13.7. The van der Waals surface area contributed by atoms with Gasteiger partial charge < -0.3 is 20.6 Å². The quantitative estimate of drug-likeness (QED) is 0.721. The molecule has 0 spiro atoms. The minimum absolute atomic E-state index is 0.00287. The zero-order valence-electron chi connectivity index (χ0n) is 11.8. The van der Waals surface area contributed by atoms with Crippen LogP contribution in [-0.2, 0) is 4.79 Å². The van der Waals surface area contributed by atoms with Crippen LogP contribution in [0.1, 0.15) is 26.7 Å². The van der Waals surface area contributed by atoms with Crippen molar-refractivity contribution in [2.75, 3.05) is 33.3 Å². The molecule has 5 heteroatoms. The van der Waals surface area contributed by atoms with Crippen molar-refractivity contribution in [2.45, 2.75) is 38.8 Å². The molecule has 0 aromatic rings. The van der Waals surface area contributed by atoms with E-state index in [1.54, 1.807) is 4.90 Å². The predicted octanol–water partition coefficient (Wildman–Crippen LogP) is -0.115. The maximum Gasteiger partial charge on any atom is 0.240 e. The Labute approximate surface area is 110 Å². The number of nitrogens with zero attached hydrogens (tertiary/aromatic N) is 2. The number of carbonyl (C=O) groups is 1. The first-order chi connectivity index (χ1) is 8.47. The van der Waals surface area contributed by atoms with Gasteiger partial charge in [0.15, 0.2) is 0 Å². The van der Waals surface area contributed by atoms with Crippen molar-refractivity contribution in [1.29, 1.82) is 0 Å². The lowest BCUT2D eigenvalue weighted by Crippen LogP contribution is -2.54. The van der Waals surface area contributed by atoms with E-state index in [9.17, 15) is 4.79 Å². The molecule has 1 aliphatic rings. The summed E-state index contributed by atoms with van der Waals surface area (Å²) in [7, 11) is 2.09. The third kappa shape index (κ3) is 3.93. The third-order valence-electron chi connectivity index (χ3n) is 3.76. The standard InChI is InChI=1S/C13H27N3O2/c1-10(2)12(14)13(18)16(8-9-17)11-4-6-15(3)7-5-11/h10-12,17H,4-9,14H2,1-3H3/t12-/m1/s1. The molecule has 1 rings (SSSR count). The Bertz CT molecular complexity index is 263. The fraction of sp³-hybridized carbons (Fsp3) is 0.923. The summed E-state index contributed by atoms with van der Waals surface area (Å²) in [5, 5.41) is 9.14. The molecule has 0 aromatic heterocycles. The van der Waals surface area contributed by atoms with Crippen molar-refractivity contribution in [3.05, 3.63) is 0 Å². The summed E-state index contributed by atoms with van der Waals surface area (Å²) in [6.45, 7) is 6.30. The summed E-state index contributed by atoms with van der Waals surface area (Å²) in [6.07, 6.45) is 1.93. The van der Waals surface area contributed by atoms with E-state index in [1.807, 2.05) is 13.8 Å². The van der Waals surface area contributed by atoms with E-state index in [4.69, 9.17) is 10.8 Å². The Hall–Kier alpha value is -0.650. The van der Waals surface area contributed by atoms with Gasteiger partial charge in [-0.1, -0.05) is 13.8 Å². The summed E-state index contributed by atoms with van der Waals surface area (Å²) in [4.78, 5) is 16.4. The predicted molar refractivity (Wildman–Crippen MR) is 72.1 cm³/mol. The summed E-state index contributed by atoms with van der Waals surface area (Å²) < 4.78 is 0. The van der Waals surface area contributed by atoms with E-state index in [-0.39, 0.29) is 24.5 Å². The number of nitrogens with two attached hydrogens (primary N) is 1. The second-order valence-corrected chi connectivity index (χ2v) is 5.56. The normalized spacial score (nSPS) is 20.1. The van der Waals surface area contributed by atoms with Crippen LogP contribution in [0, 0.1) is 5.92 Å². The number of carbonyl (C=O) groups excluding carboxylic acids is 1. The molecule has 1 amide bonds. The van der Waals surface area contributed by atoms with Crippen molar-refractivity contribution in [1.82, 2.24) is 9.80 Å². The van der Waals surface area contributed by atoms with Crippen LogP contribution in [0.4, 0.5) is 0 Å². The number of aliphatic hydroxyl groups is 1. The van der Waals surface area contributed by atoms with Crippen molar-refractivity contribution < 1.29 is 9.90 Å². The number of likely N-dealkylation sites (tertiary alicyclic amines) is 1. The summed E-state index contributed by atoms with van der Waals surface area (Å²) in [5.41, 5.74) is 5.94. The first-order valence-electron chi connectivity index (χ1n) is 6.82. The van der Waals surface area contributed by atoms with Gasteiger partial charge in [-0.3, -0.25) is 4.79 Å². The Kier molecular flexibility index (Phi) is 6.05. The highest BCUT2D eigenvalue weighted by Gasteiger charge is 2.30. The zero-order valence-corrected chi connectivity index (χ0v) is 11.8. The van der Waals surface area contributed by atoms with E-state index in [0.29, 0.717) is 6.54 Å². The second kappa shape index (κ2) is 7.07. The van der Waals surface area contributed by atoms with Crippen LogP contribution in [0.2, 0.25) is 0 Å². The minimum Gasteiger partial charge on any atom is -0.395 e. The van der Waals surface area contributed by atoms with E-state index in [2.05, 4.69) is 11.9 Å². The van der Waals surface area contributed by atoms with Crippen molar-refractivity contribution in [2.24, 2.45) is 11.7 Å². The summed E-state index contributed by atoms with van der Waals surface area (Å²) in [6, 6.07) is -0.234. The van der Waals surface area contributed by atoms with Gasteiger partial charge in [0, 0.05) is 12.6 Å². The van der Waals surface area contributed by atoms with Crippen LogP contribution in [0.25, 0.3) is 0 Å². The number of hydrogen-bond acceptors (Lipinski definition) is 4. The highest BCUT2D eigenvalue weighted by Crippen LogP contribution is 2.17. The Morgan fingerprint density at radius 3 is 2.44 bits per heavy atom. The minimum atomic E-state index is -0.462. The van der Waals surface area contributed by atoms with E-state index in [0.717, 1.165) is 25.9 Å². The average molecular weight is 257 g/mol. The molecule has 0 radical (unpaired) electrons. The molecule has 1 heterocycles. The first kappa shape index (κ1) is 15.4. The number of hydrogen-bond donors (Lipinski definition) is 2. The van der Waals surface area contributed by atoms with Gasteiger partial charge >= 0.3 is 0 Å². The molecule has 0 aliphatic carbocycles. The SMILES string of the molecule is CC(C)[C@@H](N)C(=O)N(CCO)C1CCN(C)CC1. The third-order valence-corrected chi connectivity index (χ3v) is 3.76. The van der Waals surface area contributed by atoms with Crippen molar-refractivity contribution in [3.8, 4) is 0 Å². The molecule has 1 fully saturated rings. The fourth-order valence-electron chi connectivity index (χ4n) is 2.36. The molecule has 1 saturated heterocycles. The molecular weight excluding hydrogens is 230 g/mol. The molecule has 18 heavy (non-hydrogen) atoms. The van der Waals surface area contributed by atoms with Crippen LogP contribution in [0.15, 0.2) is 0 Å². The molecule has 0 bridgehead atoms. The molecule has 0 saturated carbocycles. The van der Waals surface area contributed by atoms with Gasteiger partial charge in [-0.25, -0.2) is 0 Å². The molecular formula is C13H27N3O2. The average Bonchev–Trinajstić information content (AvgIpc) is 2.35. The number of aliphatic hydroxyl groups excluding tert-OH is 1. The highest BCUT2D eigenvalue weighted by atomic mass is 16.3. The van der Waals surface area contributed by atoms with Gasteiger partial charge in [0.1, 0.15) is 0 Å². The van der Waals surface area contributed by atoms with Crippen LogP contribution < -0.4 is 5.73 Å². The van der Waals surface area contributed by atoms with E-state index in [1.165, 1.54) is 0 Å². The lowest BCUT2D eigenvalue weighted by Gasteiger charge is -2.38. The Balaban J connectivity index is 2.66. The van der Waals surface area contributed by atoms with Gasteiger partial charge in [-0.15, -0.1) is 0 Å². The lowest BCUT2D eigenvalue weighted by atomic mass is 9.99. The van der Waals surface area contributed by atoms with Crippen molar-refractivity contribution >= 4 is 5.91 Å². The summed E-state index contributed by atoms with van der Waals surface area (Å²) in [5.74, 6) is 0.110. The molecule has 1 atom stereocenters. The summed E-state index contributed by atoms with van der Waals surface area (Å²) >= 11 is 0. The molecule has 3 N–H and O–H groups in total. The van der Waals surface area contributed by atoms with Crippen LogP contribution in [0.3, 0.4) is 0 Å². The van der Waals surface area contributed by atoms with Gasteiger partial charge in [0.05, 0.1) is 12.6 Å². The lowest BCUT2D eigenvalue weighted by molar-refractivity contribution is -0.137. The maximum atomic E-state index is 12.3.